The first kappa shape index (κ1) is 74.2. The second-order valence-corrected chi connectivity index (χ2v) is 41.3. The lowest BCUT2D eigenvalue weighted by atomic mass is 9.67. The Morgan fingerprint density at radius 2 is 0.477 bits per heavy atom. The number of furan rings is 1. The summed E-state index contributed by atoms with van der Waals surface area (Å²) in [5.41, 5.74) is 38.6. The fourth-order valence-corrected chi connectivity index (χ4v) is 31.5. The first-order chi connectivity index (χ1) is 65.5. The Morgan fingerprint density at radius 3 is 0.871 bits per heavy atom. The number of rotatable bonds is 7. The van der Waals surface area contributed by atoms with E-state index in [1.807, 2.05) is 58.4 Å². The van der Waals surface area contributed by atoms with Gasteiger partial charge in [0, 0.05) is 87.0 Å². The van der Waals surface area contributed by atoms with Crippen molar-refractivity contribution in [2.24, 2.45) is 0 Å². The normalized spacial score (nSPS) is 15.7. The lowest BCUT2D eigenvalue weighted by Crippen LogP contribution is -2.32. The standard InChI is InChI=1S/C124H72N2OS5/c1-7-38-81-75(32-1)114-93(121(81)85-42-11-20-61-106(85)128-107-62-21-12-43-86(107)121)49-27-53-97(114)125(101-57-31-59-104-118(101)79-36-5-18-58-103(79)127-104)98-54-30-52-96-117(98)78-35-4-10-41-84(78)124(96)91-48-17-26-67-112(91)131-113-72-73(68-70-92(113)124)74-69-71-102(119-80-37-6-19-60-105(80)132-120(74)119)126(99-55-28-50-94-115(99)76-33-2-8-39-82(76)122(94)87-44-13-22-63-108(87)129-109-64-23-14-45-88(109)122)100-56-29-51-95-116(100)77-34-3-9-40-83(77)123(95)89-46-15-24-65-110(89)130-111-66-25-16-47-90(111)123/h1-72H. The van der Waals surface area contributed by atoms with E-state index in [2.05, 4.69) is 447 Å². The maximum absolute atomic E-state index is 6.97. The zero-order valence-electron chi connectivity index (χ0n) is 70.9. The van der Waals surface area contributed by atoms with Gasteiger partial charge in [-0.15, -0.1) is 11.3 Å². The summed E-state index contributed by atoms with van der Waals surface area (Å²) in [6.45, 7) is 0. The summed E-state index contributed by atoms with van der Waals surface area (Å²) < 4.78 is 9.45. The van der Waals surface area contributed by atoms with Crippen molar-refractivity contribution in [1.82, 2.24) is 0 Å². The van der Waals surface area contributed by atoms with Crippen LogP contribution in [-0.2, 0) is 21.7 Å². The van der Waals surface area contributed by atoms with Crippen molar-refractivity contribution in [3.63, 3.8) is 0 Å². The lowest BCUT2D eigenvalue weighted by Gasteiger charge is -2.40. The maximum atomic E-state index is 6.97. The Labute approximate surface area is 784 Å². The Bertz CT molecular complexity index is 8560. The molecule has 0 saturated carbocycles. The van der Waals surface area contributed by atoms with Crippen molar-refractivity contribution >= 4 is 135 Å². The minimum Gasteiger partial charge on any atom is -0.456 e. The Morgan fingerprint density at radius 1 is 0.189 bits per heavy atom. The maximum Gasteiger partial charge on any atom is 0.137 e. The van der Waals surface area contributed by atoms with Crippen LogP contribution >= 0.6 is 58.4 Å². The first-order valence-corrected chi connectivity index (χ1v) is 49.5. The molecule has 1 atom stereocenters. The van der Waals surface area contributed by atoms with Crippen LogP contribution in [0, 0.1) is 0 Å². The molecule has 0 amide bonds. The molecule has 0 fully saturated rings. The van der Waals surface area contributed by atoms with Crippen LogP contribution in [-0.4, -0.2) is 0 Å². The molecule has 8 aliphatic rings. The Hall–Kier alpha value is -14.6. The Balaban J connectivity index is 0.652. The summed E-state index contributed by atoms with van der Waals surface area (Å²) in [6, 6.07) is 168. The van der Waals surface area contributed by atoms with Crippen LogP contribution in [0.15, 0.2) is 480 Å². The second kappa shape index (κ2) is 27.5. The van der Waals surface area contributed by atoms with Crippen LogP contribution in [0.25, 0.3) is 97.7 Å². The van der Waals surface area contributed by atoms with Gasteiger partial charge in [-0.25, -0.2) is 0 Å². The van der Waals surface area contributed by atoms with E-state index in [9.17, 15) is 0 Å². The van der Waals surface area contributed by atoms with Crippen LogP contribution in [0.5, 0.6) is 0 Å². The van der Waals surface area contributed by atoms with E-state index in [0.29, 0.717) is 0 Å². The number of para-hydroxylation sites is 1. The van der Waals surface area contributed by atoms with Gasteiger partial charge in [-0.2, -0.15) is 0 Å². The highest BCUT2D eigenvalue weighted by atomic mass is 32.2. The molecule has 0 bridgehead atoms. The third kappa shape index (κ3) is 9.42. The molecule has 4 spiro atoms. The predicted molar refractivity (Wildman–Crippen MR) is 547 cm³/mol. The number of nitrogens with zero attached hydrogens (tertiary/aromatic N) is 2. The number of fused-ring (bicyclic) bond motifs is 42. The molecule has 614 valence electrons. The van der Waals surface area contributed by atoms with Crippen molar-refractivity contribution in [3.05, 3.63) is 526 Å². The van der Waals surface area contributed by atoms with E-state index in [0.717, 1.165) is 56.1 Å². The van der Waals surface area contributed by atoms with Crippen molar-refractivity contribution in [3.8, 4) is 55.6 Å². The van der Waals surface area contributed by atoms with E-state index >= 15 is 0 Å². The van der Waals surface area contributed by atoms with Crippen LogP contribution < -0.4 is 9.80 Å². The third-order valence-corrected chi connectivity index (χ3v) is 35.9. The molecule has 6 heterocycles. The van der Waals surface area contributed by atoms with Gasteiger partial charge in [0.15, 0.2) is 0 Å². The molecular formula is C124H72N2OS5. The van der Waals surface area contributed by atoms with Gasteiger partial charge in [0.2, 0.25) is 0 Å². The van der Waals surface area contributed by atoms with Gasteiger partial charge in [0.1, 0.15) is 11.2 Å². The smallest absolute Gasteiger partial charge is 0.137 e. The van der Waals surface area contributed by atoms with Crippen molar-refractivity contribution in [2.45, 2.75) is 60.8 Å². The van der Waals surface area contributed by atoms with Gasteiger partial charge in [0.05, 0.1) is 61.2 Å². The van der Waals surface area contributed by atoms with Crippen LogP contribution in [0.1, 0.15) is 89.0 Å². The highest BCUT2D eigenvalue weighted by Crippen LogP contribution is 2.72. The molecule has 4 aliphatic heterocycles. The summed E-state index contributed by atoms with van der Waals surface area (Å²) in [6.07, 6.45) is 0. The average molecular weight is 1770 g/mol. The fraction of sp³-hybridized carbons (Fsp3) is 0.0323. The van der Waals surface area contributed by atoms with Crippen molar-refractivity contribution in [2.75, 3.05) is 9.80 Å². The predicted octanol–water partition coefficient (Wildman–Crippen LogP) is 33.9. The minimum atomic E-state index is -0.765. The number of thiophene rings is 1. The molecule has 4 aliphatic carbocycles. The number of hydrogen-bond donors (Lipinski definition) is 0. The SMILES string of the molecule is c1ccc2c(c1)Sc1ccccc1C21c2ccccc2-c2c(N(c3cccc4c3-c3ccccc3C43c4ccccc4Sc4cc(-c5ccc(N(c6cccc7c6-c6ccccc6C76c7ccccc7Sc7ccccc76)c6cccc7c6-c6ccccc6C76c7ccccc7Sc7ccccc76)c6c5sc5ccccc56)ccc43)c3cccc4oc5ccccc5c34)cccc21. The van der Waals surface area contributed by atoms with E-state index in [1.54, 1.807) is 0 Å². The fourth-order valence-electron chi connectivity index (χ4n) is 25.4. The van der Waals surface area contributed by atoms with Gasteiger partial charge in [-0.3, -0.25) is 0 Å². The molecule has 22 aromatic rings. The van der Waals surface area contributed by atoms with Gasteiger partial charge >= 0.3 is 0 Å². The highest BCUT2D eigenvalue weighted by Gasteiger charge is 2.57. The van der Waals surface area contributed by atoms with E-state index in [4.69, 9.17) is 4.42 Å². The van der Waals surface area contributed by atoms with Crippen molar-refractivity contribution < 1.29 is 4.42 Å². The highest BCUT2D eigenvalue weighted by molar-refractivity contribution is 8.00. The average Bonchev–Trinajstić information content (AvgIpc) is 1.50. The monoisotopic (exact) mass is 1760 g/mol. The number of hydrogen-bond acceptors (Lipinski definition) is 8. The molecular weight excluding hydrogens is 1690 g/mol. The van der Waals surface area contributed by atoms with E-state index in [-0.39, 0.29) is 0 Å². The van der Waals surface area contributed by atoms with E-state index in [1.165, 1.54) is 204 Å². The van der Waals surface area contributed by atoms with Gasteiger partial charge in [-0.05, 0) is 226 Å². The quantitative estimate of drug-likeness (QED) is 0.156. The zero-order valence-corrected chi connectivity index (χ0v) is 75.0. The molecule has 0 radical (unpaired) electrons. The molecule has 8 heteroatoms. The van der Waals surface area contributed by atoms with E-state index < -0.39 is 21.7 Å². The summed E-state index contributed by atoms with van der Waals surface area (Å²) in [5.74, 6) is 0. The van der Waals surface area contributed by atoms with Crippen LogP contribution in [0.3, 0.4) is 0 Å². The lowest BCUT2D eigenvalue weighted by molar-refractivity contribution is 0.669. The van der Waals surface area contributed by atoms with Gasteiger partial charge < -0.3 is 14.2 Å². The largest absolute Gasteiger partial charge is 0.456 e. The minimum absolute atomic E-state index is 0.611. The number of benzene rings is 20. The molecule has 0 saturated heterocycles. The second-order valence-electron chi connectivity index (χ2n) is 35.9. The summed E-state index contributed by atoms with van der Waals surface area (Å²) in [7, 11) is 0. The molecule has 2 aromatic heterocycles. The van der Waals surface area contributed by atoms with Crippen LogP contribution in [0.4, 0.5) is 34.1 Å². The van der Waals surface area contributed by atoms with Gasteiger partial charge in [0.25, 0.3) is 0 Å². The summed E-state index contributed by atoms with van der Waals surface area (Å²) in [5, 5.41) is 4.58. The zero-order chi connectivity index (χ0) is 86.0. The molecule has 1 unspecified atom stereocenters. The van der Waals surface area contributed by atoms with Crippen LogP contribution in [0.2, 0.25) is 0 Å². The molecule has 3 nitrogen and oxygen atoms in total. The van der Waals surface area contributed by atoms with Gasteiger partial charge in [-0.1, -0.05) is 381 Å². The topological polar surface area (TPSA) is 19.6 Å². The number of anilines is 6. The summed E-state index contributed by atoms with van der Waals surface area (Å²) in [4.78, 5) is 15.5. The summed E-state index contributed by atoms with van der Waals surface area (Å²) >= 11 is 9.51. The molecule has 20 aromatic carbocycles. The third-order valence-electron chi connectivity index (χ3n) is 30.1. The van der Waals surface area contributed by atoms with Crippen molar-refractivity contribution in [1.29, 1.82) is 0 Å². The molecule has 0 N–H and O–H groups in total. The Kier molecular flexibility index (Phi) is 15.5. The molecule has 30 rings (SSSR count). The first-order valence-electron chi connectivity index (χ1n) is 45.4. The molecule has 132 heavy (non-hydrogen) atoms.